The summed E-state index contributed by atoms with van der Waals surface area (Å²) in [6.45, 7) is 3.56. The lowest BCUT2D eigenvalue weighted by atomic mass is 10.2. The van der Waals surface area contributed by atoms with Crippen molar-refractivity contribution < 1.29 is 22.9 Å². The van der Waals surface area contributed by atoms with E-state index in [-0.39, 0.29) is 18.1 Å². The predicted octanol–water partition coefficient (Wildman–Crippen LogP) is 2.05. The van der Waals surface area contributed by atoms with E-state index in [4.69, 9.17) is 0 Å². The van der Waals surface area contributed by atoms with Gasteiger partial charge in [0.05, 0.1) is 31.7 Å². The van der Waals surface area contributed by atoms with E-state index >= 15 is 0 Å². The standard InChI is InChI=1S/C19H20F3N3O/c20-19(21,22)15-5-4-6-16(13-15)23-18(26)14-24-9-11-25(12-10-24)17-7-2-1-3-8-17/h1-8,13H,9-12,14H2,(H,23,26)/p+1. The molecule has 0 aliphatic carbocycles. The number of anilines is 2. The fourth-order valence-corrected chi connectivity index (χ4v) is 3.10. The number of quaternary nitrogens is 1. The summed E-state index contributed by atoms with van der Waals surface area (Å²) in [5, 5.41) is 2.57. The van der Waals surface area contributed by atoms with Gasteiger partial charge in [0.1, 0.15) is 0 Å². The van der Waals surface area contributed by atoms with Crippen LogP contribution >= 0.6 is 0 Å². The van der Waals surface area contributed by atoms with Crippen LogP contribution in [0.1, 0.15) is 5.56 Å². The zero-order valence-corrected chi connectivity index (χ0v) is 14.2. The van der Waals surface area contributed by atoms with Crippen molar-refractivity contribution in [3.8, 4) is 0 Å². The average Bonchev–Trinajstić information content (AvgIpc) is 2.62. The molecule has 2 aromatic rings. The Morgan fingerprint density at radius 2 is 1.73 bits per heavy atom. The van der Waals surface area contributed by atoms with Crippen molar-refractivity contribution in [1.82, 2.24) is 0 Å². The first-order valence-corrected chi connectivity index (χ1v) is 8.52. The Balaban J connectivity index is 1.50. The van der Waals surface area contributed by atoms with Gasteiger partial charge in [-0.25, -0.2) is 0 Å². The first-order chi connectivity index (χ1) is 12.4. The summed E-state index contributed by atoms with van der Waals surface area (Å²) in [5.74, 6) is -0.271. The normalized spacial score (nSPS) is 15.7. The first kappa shape index (κ1) is 18.3. The molecule has 138 valence electrons. The van der Waals surface area contributed by atoms with Crippen LogP contribution in [0.4, 0.5) is 24.5 Å². The minimum absolute atomic E-state index is 0.173. The van der Waals surface area contributed by atoms with Gasteiger partial charge in [0.2, 0.25) is 0 Å². The minimum atomic E-state index is -4.42. The van der Waals surface area contributed by atoms with Crippen molar-refractivity contribution in [2.24, 2.45) is 0 Å². The number of carbonyl (C=O) groups is 1. The largest absolute Gasteiger partial charge is 0.416 e. The van der Waals surface area contributed by atoms with Crippen molar-refractivity contribution >= 4 is 17.3 Å². The van der Waals surface area contributed by atoms with E-state index in [1.807, 2.05) is 18.2 Å². The van der Waals surface area contributed by atoms with Gasteiger partial charge in [-0.15, -0.1) is 0 Å². The van der Waals surface area contributed by atoms with E-state index in [1.54, 1.807) is 0 Å². The van der Waals surface area contributed by atoms with Crippen molar-refractivity contribution in [3.63, 3.8) is 0 Å². The van der Waals surface area contributed by atoms with Crippen LogP contribution in [0.15, 0.2) is 54.6 Å². The molecule has 1 fully saturated rings. The van der Waals surface area contributed by atoms with E-state index in [2.05, 4.69) is 22.3 Å². The first-order valence-electron chi connectivity index (χ1n) is 8.52. The fraction of sp³-hybridized carbons (Fsp3) is 0.316. The lowest BCUT2D eigenvalue weighted by Gasteiger charge is -2.33. The highest BCUT2D eigenvalue weighted by Gasteiger charge is 2.30. The van der Waals surface area contributed by atoms with Crippen LogP contribution in [0, 0.1) is 0 Å². The van der Waals surface area contributed by atoms with Crippen LogP contribution in [-0.2, 0) is 11.0 Å². The summed E-state index contributed by atoms with van der Waals surface area (Å²) in [7, 11) is 0. The zero-order valence-electron chi connectivity index (χ0n) is 14.2. The maximum absolute atomic E-state index is 12.7. The lowest BCUT2D eigenvalue weighted by Crippen LogP contribution is -3.15. The molecule has 0 aromatic heterocycles. The number of nitrogens with one attached hydrogen (secondary N) is 2. The van der Waals surface area contributed by atoms with Crippen molar-refractivity contribution in [2.75, 3.05) is 42.9 Å². The smallest absolute Gasteiger partial charge is 0.360 e. The number of alkyl halides is 3. The van der Waals surface area contributed by atoms with E-state index in [0.717, 1.165) is 43.2 Å². The van der Waals surface area contributed by atoms with Crippen LogP contribution in [0.2, 0.25) is 0 Å². The molecule has 1 aliphatic heterocycles. The molecule has 1 aliphatic rings. The van der Waals surface area contributed by atoms with Gasteiger partial charge >= 0.3 is 6.18 Å². The van der Waals surface area contributed by atoms with Gasteiger partial charge in [-0.05, 0) is 30.3 Å². The molecule has 3 rings (SSSR count). The molecule has 2 N–H and O–H groups in total. The number of nitrogens with zero attached hydrogens (tertiary/aromatic N) is 1. The summed E-state index contributed by atoms with van der Waals surface area (Å²) < 4.78 is 38.2. The van der Waals surface area contributed by atoms with Crippen molar-refractivity contribution in [2.45, 2.75) is 6.18 Å². The molecule has 0 saturated carbocycles. The SMILES string of the molecule is O=C(C[NH+]1CCN(c2ccccc2)CC1)Nc1cccc(C(F)(F)F)c1. The maximum Gasteiger partial charge on any atom is 0.416 e. The van der Waals surface area contributed by atoms with E-state index in [0.29, 0.717) is 0 Å². The third-order valence-corrected chi connectivity index (χ3v) is 4.48. The quantitative estimate of drug-likeness (QED) is 0.871. The fourth-order valence-electron chi connectivity index (χ4n) is 3.10. The topological polar surface area (TPSA) is 36.8 Å². The summed E-state index contributed by atoms with van der Waals surface area (Å²) in [6, 6.07) is 14.8. The molecule has 26 heavy (non-hydrogen) atoms. The van der Waals surface area contributed by atoms with Gasteiger partial charge < -0.3 is 15.1 Å². The summed E-state index contributed by atoms with van der Waals surface area (Å²) in [6.07, 6.45) is -4.42. The number of rotatable bonds is 4. The molecule has 1 amide bonds. The molecule has 1 heterocycles. The molecule has 2 aromatic carbocycles. The predicted molar refractivity (Wildman–Crippen MR) is 94.3 cm³/mol. The van der Waals surface area contributed by atoms with Gasteiger partial charge in [-0.1, -0.05) is 24.3 Å². The number of amides is 1. The minimum Gasteiger partial charge on any atom is -0.360 e. The number of piperazine rings is 1. The Morgan fingerprint density at radius 1 is 1.04 bits per heavy atom. The molecular weight excluding hydrogens is 343 g/mol. The third kappa shape index (κ3) is 4.76. The second-order valence-corrected chi connectivity index (χ2v) is 6.38. The summed E-state index contributed by atoms with van der Waals surface area (Å²) in [4.78, 5) is 15.6. The van der Waals surface area contributed by atoms with Gasteiger partial charge in [0.15, 0.2) is 6.54 Å². The van der Waals surface area contributed by atoms with E-state index in [9.17, 15) is 18.0 Å². The Hall–Kier alpha value is -2.54. The summed E-state index contributed by atoms with van der Waals surface area (Å²) >= 11 is 0. The number of benzene rings is 2. The van der Waals surface area contributed by atoms with Crippen LogP contribution in [0.25, 0.3) is 0 Å². The number of halogens is 3. The van der Waals surface area contributed by atoms with E-state index in [1.165, 1.54) is 17.8 Å². The van der Waals surface area contributed by atoms with Gasteiger partial charge in [0, 0.05) is 11.4 Å². The molecule has 0 unspecified atom stereocenters. The maximum atomic E-state index is 12.7. The van der Waals surface area contributed by atoms with Gasteiger partial charge in [-0.3, -0.25) is 4.79 Å². The second-order valence-electron chi connectivity index (χ2n) is 6.38. The molecule has 1 saturated heterocycles. The molecule has 4 nitrogen and oxygen atoms in total. The van der Waals surface area contributed by atoms with Gasteiger partial charge in [0.25, 0.3) is 5.91 Å². The molecule has 0 radical (unpaired) electrons. The monoisotopic (exact) mass is 364 g/mol. The number of para-hydroxylation sites is 1. The average molecular weight is 364 g/mol. The summed E-state index contributed by atoms with van der Waals surface area (Å²) in [5.41, 5.74) is 0.575. The van der Waals surface area contributed by atoms with Gasteiger partial charge in [-0.2, -0.15) is 13.2 Å². The van der Waals surface area contributed by atoms with Crippen molar-refractivity contribution in [3.05, 3.63) is 60.2 Å². The lowest BCUT2D eigenvalue weighted by molar-refractivity contribution is -0.892. The molecular formula is C19H21F3N3O+. The third-order valence-electron chi connectivity index (χ3n) is 4.48. The van der Waals surface area contributed by atoms with Crippen LogP contribution in [-0.4, -0.2) is 38.6 Å². The molecule has 0 bridgehead atoms. The number of carbonyl (C=O) groups excluding carboxylic acids is 1. The Morgan fingerprint density at radius 3 is 2.38 bits per heavy atom. The molecule has 0 spiro atoms. The zero-order chi connectivity index (χ0) is 18.6. The Kier molecular flexibility index (Phi) is 5.46. The number of hydrogen-bond acceptors (Lipinski definition) is 2. The molecule has 7 heteroatoms. The highest BCUT2D eigenvalue weighted by molar-refractivity contribution is 5.91. The highest BCUT2D eigenvalue weighted by atomic mass is 19.4. The van der Waals surface area contributed by atoms with Crippen LogP contribution < -0.4 is 15.1 Å². The van der Waals surface area contributed by atoms with Crippen LogP contribution in [0.3, 0.4) is 0 Å². The molecule has 0 atom stereocenters. The second kappa shape index (κ2) is 7.78. The Labute approximate surface area is 150 Å². The highest BCUT2D eigenvalue weighted by Crippen LogP contribution is 2.30. The van der Waals surface area contributed by atoms with E-state index < -0.39 is 11.7 Å². The van der Waals surface area contributed by atoms with Crippen LogP contribution in [0.5, 0.6) is 0 Å². The Bertz CT molecular complexity index is 741. The number of hydrogen-bond donors (Lipinski definition) is 2. The van der Waals surface area contributed by atoms with Crippen molar-refractivity contribution in [1.29, 1.82) is 0 Å².